The maximum absolute atomic E-state index is 12.8. The first-order valence-electron chi connectivity index (χ1n) is 23.5. The summed E-state index contributed by atoms with van der Waals surface area (Å²) in [6.07, 6.45) is 22.5. The zero-order valence-corrected chi connectivity index (χ0v) is 40.3. The van der Waals surface area contributed by atoms with Gasteiger partial charge in [-0.2, -0.15) is 0 Å². The second kappa shape index (κ2) is 29.8. The standard InChI is InChI=1S/C48H84NO10P/c1-10-12-23-29-44-40(5)41(6)46(59-44)31-24-19-15-13-14-16-21-26-32-47(50)54-36-42(37-56-60(52,53)55-35-34-49(7,8)9)57-48(51)33-27-22-18-17-20-25-30-45-39(4)38(3)43(58-45)28-11-2/h42H,10-37H2,1-9H3/p+1. The number of hydrogen-bond acceptors (Lipinski definition) is 9. The van der Waals surface area contributed by atoms with Crippen LogP contribution < -0.4 is 0 Å². The van der Waals surface area contributed by atoms with Crippen molar-refractivity contribution in [2.45, 2.75) is 202 Å². The lowest BCUT2D eigenvalue weighted by molar-refractivity contribution is -0.870. The Morgan fingerprint density at radius 1 is 0.567 bits per heavy atom. The van der Waals surface area contributed by atoms with Gasteiger partial charge in [0.1, 0.15) is 42.8 Å². The van der Waals surface area contributed by atoms with Gasteiger partial charge in [0.25, 0.3) is 0 Å². The van der Waals surface area contributed by atoms with Crippen LogP contribution in [0, 0.1) is 27.7 Å². The van der Waals surface area contributed by atoms with Crippen molar-refractivity contribution < 1.29 is 50.9 Å². The number of ether oxygens (including phenoxy) is 2. The van der Waals surface area contributed by atoms with Crippen LogP contribution >= 0.6 is 7.82 Å². The minimum absolute atomic E-state index is 0.0179. The summed E-state index contributed by atoms with van der Waals surface area (Å²) < 4.78 is 46.8. The highest BCUT2D eigenvalue weighted by molar-refractivity contribution is 7.47. The van der Waals surface area contributed by atoms with Crippen LogP contribution in [-0.2, 0) is 58.4 Å². The SMILES string of the molecule is CCCCCc1oc(CCCCCCCCCCC(=O)OCC(COP(=O)(O)OCC[N+](C)(C)C)OC(=O)CCCCCCCCc2oc(CCC)c(C)c2C)c(C)c1C. The van der Waals surface area contributed by atoms with Crippen LogP contribution in [0.4, 0.5) is 0 Å². The Bertz CT molecular complexity index is 1540. The molecular formula is C48H85NO10P+. The molecule has 346 valence electrons. The fraction of sp³-hybridized carbons (Fsp3) is 0.792. The Balaban J connectivity index is 1.66. The normalized spacial score (nSPS) is 13.4. The number of phosphoric acid groups is 1. The molecule has 0 fully saturated rings. The van der Waals surface area contributed by atoms with E-state index in [4.69, 9.17) is 27.4 Å². The van der Waals surface area contributed by atoms with Crippen LogP contribution in [0.3, 0.4) is 0 Å². The molecule has 0 radical (unpaired) electrons. The number of carbonyl (C=O) groups excluding carboxylic acids is 2. The molecule has 2 unspecified atom stereocenters. The third-order valence-electron chi connectivity index (χ3n) is 11.5. The Labute approximate surface area is 364 Å². The first kappa shape index (κ1) is 53.7. The lowest BCUT2D eigenvalue weighted by Gasteiger charge is -2.24. The van der Waals surface area contributed by atoms with E-state index in [9.17, 15) is 19.0 Å². The molecule has 2 aromatic heterocycles. The van der Waals surface area contributed by atoms with Gasteiger partial charge in [0.15, 0.2) is 6.10 Å². The molecule has 0 aliphatic rings. The molecule has 1 N–H and O–H groups in total. The number of furan rings is 2. The average molecular weight is 867 g/mol. The molecule has 2 heterocycles. The molecule has 12 heteroatoms. The van der Waals surface area contributed by atoms with Crippen molar-refractivity contribution in [1.29, 1.82) is 0 Å². The van der Waals surface area contributed by atoms with E-state index in [0.717, 1.165) is 107 Å². The molecule has 0 spiro atoms. The molecule has 11 nitrogen and oxygen atoms in total. The van der Waals surface area contributed by atoms with Crippen LogP contribution in [0.25, 0.3) is 0 Å². The zero-order chi connectivity index (χ0) is 44.4. The largest absolute Gasteiger partial charge is 0.472 e. The van der Waals surface area contributed by atoms with Crippen LogP contribution in [0.2, 0.25) is 0 Å². The first-order chi connectivity index (χ1) is 28.6. The quantitative estimate of drug-likeness (QED) is 0.0305. The monoisotopic (exact) mass is 867 g/mol. The summed E-state index contributed by atoms with van der Waals surface area (Å²) in [7, 11) is 1.43. The van der Waals surface area contributed by atoms with Gasteiger partial charge in [-0.15, -0.1) is 0 Å². The molecule has 0 amide bonds. The Kier molecular flexibility index (Phi) is 26.7. The van der Waals surface area contributed by atoms with E-state index in [2.05, 4.69) is 41.5 Å². The number of aryl methyl sites for hydroxylation is 4. The summed E-state index contributed by atoms with van der Waals surface area (Å²) in [5.41, 5.74) is 5.23. The van der Waals surface area contributed by atoms with E-state index in [1.54, 1.807) is 0 Å². The zero-order valence-electron chi connectivity index (χ0n) is 39.4. The lowest BCUT2D eigenvalue weighted by Crippen LogP contribution is -2.37. The number of carbonyl (C=O) groups is 2. The van der Waals surface area contributed by atoms with Gasteiger partial charge in [-0.1, -0.05) is 90.9 Å². The molecule has 60 heavy (non-hydrogen) atoms. The number of nitrogens with zero attached hydrogens (tertiary/aromatic N) is 1. The van der Waals surface area contributed by atoms with Crippen LogP contribution in [0.5, 0.6) is 0 Å². The maximum Gasteiger partial charge on any atom is 0.472 e. The minimum atomic E-state index is -4.40. The van der Waals surface area contributed by atoms with E-state index in [1.807, 2.05) is 21.1 Å². The van der Waals surface area contributed by atoms with Gasteiger partial charge in [-0.25, -0.2) is 4.57 Å². The van der Waals surface area contributed by atoms with Gasteiger partial charge in [-0.3, -0.25) is 18.6 Å². The van der Waals surface area contributed by atoms with Crippen molar-refractivity contribution >= 4 is 19.8 Å². The number of hydrogen-bond donors (Lipinski definition) is 1. The number of unbranched alkanes of at least 4 members (excludes halogenated alkanes) is 14. The molecule has 2 atom stereocenters. The van der Waals surface area contributed by atoms with E-state index in [-0.39, 0.29) is 26.1 Å². The molecule has 0 aliphatic carbocycles. The number of quaternary nitrogens is 1. The van der Waals surface area contributed by atoms with E-state index in [0.29, 0.717) is 23.9 Å². The average Bonchev–Trinajstić information content (AvgIpc) is 3.61. The molecular weight excluding hydrogens is 781 g/mol. The summed E-state index contributed by atoms with van der Waals surface area (Å²) >= 11 is 0. The van der Waals surface area contributed by atoms with Crippen LogP contribution in [-0.4, -0.2) is 74.9 Å². The molecule has 0 aliphatic heterocycles. The predicted molar refractivity (Wildman–Crippen MR) is 240 cm³/mol. The number of phosphoric ester groups is 1. The molecule has 2 aromatic rings. The topological polar surface area (TPSA) is 135 Å². The van der Waals surface area contributed by atoms with Crippen molar-refractivity contribution in [2.75, 3.05) is 47.5 Å². The minimum Gasteiger partial charge on any atom is -0.466 e. The third-order valence-corrected chi connectivity index (χ3v) is 12.5. The van der Waals surface area contributed by atoms with Crippen molar-refractivity contribution in [3.05, 3.63) is 45.3 Å². The lowest BCUT2D eigenvalue weighted by atomic mass is 10.0. The van der Waals surface area contributed by atoms with E-state index >= 15 is 0 Å². The summed E-state index contributed by atoms with van der Waals surface area (Å²) in [4.78, 5) is 35.7. The van der Waals surface area contributed by atoms with Gasteiger partial charge in [0.2, 0.25) is 0 Å². The van der Waals surface area contributed by atoms with Crippen molar-refractivity contribution in [2.24, 2.45) is 0 Å². The predicted octanol–water partition coefficient (Wildman–Crippen LogP) is 12.1. The highest BCUT2D eigenvalue weighted by Crippen LogP contribution is 2.43. The van der Waals surface area contributed by atoms with Crippen molar-refractivity contribution in [3.8, 4) is 0 Å². The summed E-state index contributed by atoms with van der Waals surface area (Å²) in [6.45, 7) is 12.9. The number of rotatable bonds is 36. The van der Waals surface area contributed by atoms with E-state index < -0.39 is 32.5 Å². The van der Waals surface area contributed by atoms with Gasteiger partial charge in [-0.05, 0) is 88.5 Å². The molecule has 0 bridgehead atoms. The molecule has 0 saturated carbocycles. The third kappa shape index (κ3) is 23.1. The van der Waals surface area contributed by atoms with E-state index in [1.165, 1.54) is 66.5 Å². The van der Waals surface area contributed by atoms with Crippen LogP contribution in [0.1, 0.15) is 188 Å². The Hall–Kier alpha value is -2.43. The highest BCUT2D eigenvalue weighted by Gasteiger charge is 2.27. The smallest absolute Gasteiger partial charge is 0.466 e. The number of esters is 2. The molecule has 0 aromatic carbocycles. The Morgan fingerprint density at radius 2 is 0.983 bits per heavy atom. The van der Waals surface area contributed by atoms with Crippen LogP contribution in [0.15, 0.2) is 8.83 Å². The fourth-order valence-electron chi connectivity index (χ4n) is 7.30. The van der Waals surface area contributed by atoms with Gasteiger partial charge >= 0.3 is 19.8 Å². The second-order valence-electron chi connectivity index (χ2n) is 18.0. The first-order valence-corrected chi connectivity index (χ1v) is 25.0. The van der Waals surface area contributed by atoms with Crippen molar-refractivity contribution in [1.82, 2.24) is 0 Å². The summed E-state index contributed by atoms with van der Waals surface area (Å²) in [5.74, 6) is 3.73. The summed E-state index contributed by atoms with van der Waals surface area (Å²) in [5, 5.41) is 0. The van der Waals surface area contributed by atoms with Gasteiger partial charge in [0, 0.05) is 38.5 Å². The summed E-state index contributed by atoms with van der Waals surface area (Å²) in [6, 6.07) is 0. The maximum atomic E-state index is 12.8. The van der Waals surface area contributed by atoms with Crippen molar-refractivity contribution in [3.63, 3.8) is 0 Å². The molecule has 0 saturated heterocycles. The van der Waals surface area contributed by atoms with Gasteiger partial charge in [0.05, 0.1) is 27.7 Å². The highest BCUT2D eigenvalue weighted by atomic mass is 31.2. The second-order valence-corrected chi connectivity index (χ2v) is 19.4. The fourth-order valence-corrected chi connectivity index (χ4v) is 8.04. The Morgan fingerprint density at radius 3 is 1.43 bits per heavy atom. The number of likely N-dealkylation sites (N-methyl/N-ethyl adjacent to an activating group) is 1. The molecule has 2 rings (SSSR count). The van der Waals surface area contributed by atoms with Gasteiger partial charge < -0.3 is 27.7 Å².